The summed E-state index contributed by atoms with van der Waals surface area (Å²) >= 11 is 7.49. The molecule has 0 fully saturated rings. The van der Waals surface area contributed by atoms with Gasteiger partial charge in [-0.3, -0.25) is 4.79 Å². The van der Waals surface area contributed by atoms with Gasteiger partial charge in [0.1, 0.15) is 0 Å². The Hall–Kier alpha value is -0.870. The van der Waals surface area contributed by atoms with Gasteiger partial charge in [0, 0.05) is 10.9 Å². The van der Waals surface area contributed by atoms with Crippen molar-refractivity contribution in [2.75, 3.05) is 11.1 Å². The van der Waals surface area contributed by atoms with Crippen molar-refractivity contribution in [2.24, 2.45) is 0 Å². The van der Waals surface area contributed by atoms with E-state index < -0.39 is 0 Å². The molecule has 1 rings (SSSR count). The maximum atomic E-state index is 12.0. The quantitative estimate of drug-likeness (QED) is 0.810. The van der Waals surface area contributed by atoms with Crippen molar-refractivity contribution in [3.8, 4) is 0 Å². The van der Waals surface area contributed by atoms with Crippen LogP contribution >= 0.6 is 23.4 Å². The molecule has 5 heteroatoms. The van der Waals surface area contributed by atoms with Crippen LogP contribution in [-0.2, 0) is 4.79 Å². The smallest absolute Gasteiger partial charge is 0.237 e. The summed E-state index contributed by atoms with van der Waals surface area (Å²) in [4.78, 5) is 12.0. The fourth-order valence-corrected chi connectivity index (χ4v) is 2.56. The first-order chi connectivity index (χ1) is 8.43. The number of anilines is 2. The molecule has 2 unspecified atom stereocenters. The second kappa shape index (κ2) is 6.90. The van der Waals surface area contributed by atoms with E-state index in [1.54, 1.807) is 30.0 Å². The minimum Gasteiger partial charge on any atom is -0.397 e. The molecule has 0 aliphatic heterocycles. The van der Waals surface area contributed by atoms with Crippen LogP contribution in [0.5, 0.6) is 0 Å². The van der Waals surface area contributed by atoms with E-state index in [0.29, 0.717) is 21.6 Å². The number of thioether (sulfide) groups is 1. The normalized spacial score (nSPS) is 14.0. The highest BCUT2D eigenvalue weighted by atomic mass is 35.5. The zero-order valence-corrected chi connectivity index (χ0v) is 12.4. The lowest BCUT2D eigenvalue weighted by molar-refractivity contribution is -0.115. The fourth-order valence-electron chi connectivity index (χ4n) is 1.37. The molecule has 3 N–H and O–H groups in total. The number of nitrogen functional groups attached to an aromatic ring is 1. The Kier molecular flexibility index (Phi) is 5.82. The van der Waals surface area contributed by atoms with Crippen LogP contribution < -0.4 is 11.1 Å². The lowest BCUT2D eigenvalue weighted by Gasteiger charge is -2.16. The molecule has 2 atom stereocenters. The summed E-state index contributed by atoms with van der Waals surface area (Å²) in [6.07, 6.45) is 1.05. The van der Waals surface area contributed by atoms with Gasteiger partial charge in [0.2, 0.25) is 5.91 Å². The van der Waals surface area contributed by atoms with Crippen molar-refractivity contribution >= 4 is 40.6 Å². The van der Waals surface area contributed by atoms with Crippen LogP contribution in [0, 0.1) is 0 Å². The van der Waals surface area contributed by atoms with Gasteiger partial charge < -0.3 is 11.1 Å². The van der Waals surface area contributed by atoms with Crippen molar-refractivity contribution in [3.63, 3.8) is 0 Å². The minimum absolute atomic E-state index is 0.0120. The Bertz CT molecular complexity index is 425. The van der Waals surface area contributed by atoms with E-state index in [1.807, 2.05) is 6.92 Å². The average Bonchev–Trinajstić information content (AvgIpc) is 2.33. The van der Waals surface area contributed by atoms with E-state index in [2.05, 4.69) is 19.2 Å². The number of halogens is 1. The van der Waals surface area contributed by atoms with Gasteiger partial charge in [-0.25, -0.2) is 0 Å². The van der Waals surface area contributed by atoms with Crippen molar-refractivity contribution in [2.45, 2.75) is 37.7 Å². The topological polar surface area (TPSA) is 55.1 Å². The molecule has 0 spiro atoms. The summed E-state index contributed by atoms with van der Waals surface area (Å²) in [5.41, 5.74) is 6.83. The van der Waals surface area contributed by atoms with Gasteiger partial charge in [-0.05, 0) is 31.5 Å². The Morgan fingerprint density at radius 3 is 2.72 bits per heavy atom. The SMILES string of the molecule is CCC(C)SC(C)C(=O)Nc1ccc(Cl)c(N)c1. The first kappa shape index (κ1) is 15.2. The van der Waals surface area contributed by atoms with E-state index in [4.69, 9.17) is 17.3 Å². The summed E-state index contributed by atoms with van der Waals surface area (Å²) in [6, 6.07) is 5.09. The Morgan fingerprint density at radius 2 is 2.17 bits per heavy atom. The number of amides is 1. The minimum atomic E-state index is -0.0862. The first-order valence-electron chi connectivity index (χ1n) is 5.95. The number of hydrogen-bond acceptors (Lipinski definition) is 3. The van der Waals surface area contributed by atoms with Crippen LogP contribution in [0.3, 0.4) is 0 Å². The van der Waals surface area contributed by atoms with E-state index in [1.165, 1.54) is 0 Å². The number of rotatable bonds is 5. The van der Waals surface area contributed by atoms with Crippen LogP contribution in [0.15, 0.2) is 18.2 Å². The summed E-state index contributed by atoms with van der Waals surface area (Å²) in [6.45, 7) is 6.14. The van der Waals surface area contributed by atoms with Crippen LogP contribution in [0.4, 0.5) is 11.4 Å². The lowest BCUT2D eigenvalue weighted by atomic mass is 10.2. The first-order valence-corrected chi connectivity index (χ1v) is 7.27. The second-order valence-electron chi connectivity index (χ2n) is 4.22. The van der Waals surface area contributed by atoms with E-state index in [0.717, 1.165) is 6.42 Å². The molecule has 1 aromatic carbocycles. The molecule has 18 heavy (non-hydrogen) atoms. The number of hydrogen-bond donors (Lipinski definition) is 2. The largest absolute Gasteiger partial charge is 0.397 e. The third-order valence-corrected chi connectivity index (χ3v) is 4.41. The Morgan fingerprint density at radius 1 is 1.50 bits per heavy atom. The van der Waals surface area contributed by atoms with Gasteiger partial charge in [0.25, 0.3) is 0 Å². The van der Waals surface area contributed by atoms with Gasteiger partial charge >= 0.3 is 0 Å². The Labute approximate surface area is 117 Å². The molecule has 0 aliphatic rings. The molecule has 1 aromatic rings. The maximum absolute atomic E-state index is 12.0. The molecule has 3 nitrogen and oxygen atoms in total. The summed E-state index contributed by atoms with van der Waals surface area (Å²) in [5.74, 6) is -0.0120. The molecule has 0 radical (unpaired) electrons. The van der Waals surface area contributed by atoms with Crippen molar-refractivity contribution in [3.05, 3.63) is 23.2 Å². The van der Waals surface area contributed by atoms with E-state index in [-0.39, 0.29) is 11.2 Å². The third kappa shape index (κ3) is 4.42. The second-order valence-corrected chi connectivity index (χ2v) is 6.41. The fraction of sp³-hybridized carbons (Fsp3) is 0.462. The summed E-state index contributed by atoms with van der Waals surface area (Å²) in [5, 5.41) is 3.72. The van der Waals surface area contributed by atoms with Crippen molar-refractivity contribution < 1.29 is 4.79 Å². The lowest BCUT2D eigenvalue weighted by Crippen LogP contribution is -2.24. The highest BCUT2D eigenvalue weighted by molar-refractivity contribution is 8.01. The molecule has 0 saturated heterocycles. The highest BCUT2D eigenvalue weighted by Crippen LogP contribution is 2.24. The average molecular weight is 287 g/mol. The monoisotopic (exact) mass is 286 g/mol. The van der Waals surface area contributed by atoms with Crippen molar-refractivity contribution in [1.82, 2.24) is 0 Å². The number of carbonyl (C=O) groups is 1. The third-order valence-electron chi connectivity index (χ3n) is 2.64. The molecule has 0 aliphatic carbocycles. The molecule has 1 amide bonds. The van der Waals surface area contributed by atoms with E-state index >= 15 is 0 Å². The van der Waals surface area contributed by atoms with Gasteiger partial charge in [0.15, 0.2) is 0 Å². The maximum Gasteiger partial charge on any atom is 0.237 e. The molecule has 0 bridgehead atoms. The Balaban J connectivity index is 2.61. The van der Waals surface area contributed by atoms with Gasteiger partial charge in [-0.1, -0.05) is 25.4 Å². The summed E-state index contributed by atoms with van der Waals surface area (Å²) in [7, 11) is 0. The number of nitrogens with one attached hydrogen (secondary N) is 1. The van der Waals surface area contributed by atoms with Crippen molar-refractivity contribution in [1.29, 1.82) is 0 Å². The predicted molar refractivity (Wildman–Crippen MR) is 81.3 cm³/mol. The molecule has 0 heterocycles. The van der Waals surface area contributed by atoms with E-state index in [9.17, 15) is 4.79 Å². The molecule has 0 saturated carbocycles. The molecular formula is C13H19ClN2OS. The van der Waals surface area contributed by atoms with Crippen LogP contribution in [0.1, 0.15) is 27.2 Å². The van der Waals surface area contributed by atoms with Crippen LogP contribution in [0.25, 0.3) is 0 Å². The molecule has 100 valence electrons. The zero-order valence-electron chi connectivity index (χ0n) is 10.9. The van der Waals surface area contributed by atoms with Crippen LogP contribution in [-0.4, -0.2) is 16.4 Å². The van der Waals surface area contributed by atoms with Crippen LogP contribution in [0.2, 0.25) is 5.02 Å². The van der Waals surface area contributed by atoms with Gasteiger partial charge in [-0.2, -0.15) is 0 Å². The van der Waals surface area contributed by atoms with Gasteiger partial charge in [0.05, 0.1) is 16.0 Å². The highest BCUT2D eigenvalue weighted by Gasteiger charge is 2.16. The van der Waals surface area contributed by atoms with Gasteiger partial charge in [-0.15, -0.1) is 11.8 Å². The molecule has 0 aromatic heterocycles. The number of nitrogens with two attached hydrogens (primary N) is 1. The molecular weight excluding hydrogens is 268 g/mol. The zero-order chi connectivity index (χ0) is 13.7. The number of carbonyl (C=O) groups excluding carboxylic acids is 1. The number of benzene rings is 1. The summed E-state index contributed by atoms with van der Waals surface area (Å²) < 4.78 is 0. The predicted octanol–water partition coefficient (Wildman–Crippen LogP) is 3.78. The standard InChI is InChI=1S/C13H19ClN2OS/c1-4-8(2)18-9(3)13(17)16-10-5-6-11(14)12(15)7-10/h5-9H,4,15H2,1-3H3,(H,16,17).